The fourth-order valence-corrected chi connectivity index (χ4v) is 1.85. The summed E-state index contributed by atoms with van der Waals surface area (Å²) in [6, 6.07) is 4.57. The fourth-order valence-electron chi connectivity index (χ4n) is 1.68. The normalized spacial score (nSPS) is 14.1. The predicted molar refractivity (Wildman–Crippen MR) is 83.3 cm³/mol. The number of nitrogens with one attached hydrogen (secondary N) is 1. The van der Waals surface area contributed by atoms with Crippen molar-refractivity contribution in [2.45, 2.75) is 45.3 Å². The van der Waals surface area contributed by atoms with E-state index < -0.39 is 23.3 Å². The zero-order chi connectivity index (χ0) is 17.1. The van der Waals surface area contributed by atoms with Crippen molar-refractivity contribution >= 4 is 29.4 Å². The molecule has 0 heterocycles. The Kier molecular flexibility index (Phi) is 5.43. The number of carboxylic acid groups (broad SMARTS) is 1. The molecule has 1 unspecified atom stereocenters. The number of anilines is 1. The number of carbonyl (C=O) groups is 2. The lowest BCUT2D eigenvalue weighted by atomic mass is 9.95. The maximum Gasteiger partial charge on any atom is 0.412 e. The van der Waals surface area contributed by atoms with Crippen LogP contribution < -0.4 is 5.32 Å². The van der Waals surface area contributed by atoms with Crippen LogP contribution in [0.4, 0.5) is 10.5 Å². The van der Waals surface area contributed by atoms with E-state index in [4.69, 9.17) is 21.4 Å². The molecular formula is C15H20ClNO5. The molecule has 1 aromatic rings. The van der Waals surface area contributed by atoms with Crippen LogP contribution in [0.2, 0.25) is 5.02 Å². The third-order valence-electron chi connectivity index (χ3n) is 2.70. The van der Waals surface area contributed by atoms with E-state index in [1.165, 1.54) is 13.0 Å². The summed E-state index contributed by atoms with van der Waals surface area (Å²) in [5.41, 5.74) is -1.90. The van der Waals surface area contributed by atoms with Crippen molar-refractivity contribution in [3.8, 4) is 0 Å². The molecule has 0 saturated heterocycles. The van der Waals surface area contributed by atoms with Crippen LogP contribution >= 0.6 is 11.6 Å². The molecule has 122 valence electrons. The van der Waals surface area contributed by atoms with Gasteiger partial charge in [-0.05, 0) is 45.4 Å². The Morgan fingerprint density at radius 3 is 2.36 bits per heavy atom. The lowest BCUT2D eigenvalue weighted by Gasteiger charge is -2.22. The van der Waals surface area contributed by atoms with Gasteiger partial charge in [0.15, 0.2) is 5.60 Å². The Hall–Kier alpha value is -1.79. The standard InChI is InChI=1S/C15H20ClNO5/c1-14(2,3)22-13(20)17-11-7-10(16)6-5-9(11)8-15(4,21)12(18)19/h5-7,21H,8H2,1-4H3,(H,17,20)(H,18,19). The SMILES string of the molecule is CC(C)(C)OC(=O)Nc1cc(Cl)ccc1CC(C)(O)C(=O)O. The van der Waals surface area contributed by atoms with E-state index in [1.807, 2.05) is 0 Å². The number of hydrogen-bond donors (Lipinski definition) is 3. The maximum absolute atomic E-state index is 11.8. The second-order valence-corrected chi connectivity index (χ2v) is 6.62. The summed E-state index contributed by atoms with van der Waals surface area (Å²) in [6.07, 6.45) is -0.879. The largest absolute Gasteiger partial charge is 0.479 e. The van der Waals surface area contributed by atoms with Crippen LogP contribution in [0.15, 0.2) is 18.2 Å². The zero-order valence-corrected chi connectivity index (χ0v) is 13.7. The van der Waals surface area contributed by atoms with Gasteiger partial charge < -0.3 is 14.9 Å². The molecule has 1 rings (SSSR count). The van der Waals surface area contributed by atoms with Crippen LogP contribution in [0, 0.1) is 0 Å². The van der Waals surface area contributed by atoms with Gasteiger partial charge in [0.1, 0.15) is 5.60 Å². The first-order chi connectivity index (χ1) is 9.90. The molecule has 1 amide bonds. The van der Waals surface area contributed by atoms with Crippen molar-refractivity contribution < 1.29 is 24.5 Å². The molecule has 7 heteroatoms. The van der Waals surface area contributed by atoms with Crippen molar-refractivity contribution in [3.63, 3.8) is 0 Å². The van der Waals surface area contributed by atoms with Crippen molar-refractivity contribution in [1.82, 2.24) is 0 Å². The summed E-state index contributed by atoms with van der Waals surface area (Å²) < 4.78 is 5.14. The van der Waals surface area contributed by atoms with Crippen molar-refractivity contribution in [1.29, 1.82) is 0 Å². The fraction of sp³-hybridized carbons (Fsp3) is 0.467. The average Bonchev–Trinajstić information content (AvgIpc) is 2.29. The second-order valence-electron chi connectivity index (χ2n) is 6.18. The highest BCUT2D eigenvalue weighted by atomic mass is 35.5. The number of ether oxygens (including phenoxy) is 1. The van der Waals surface area contributed by atoms with E-state index in [1.54, 1.807) is 32.9 Å². The van der Waals surface area contributed by atoms with Gasteiger partial charge in [0.2, 0.25) is 0 Å². The van der Waals surface area contributed by atoms with Crippen molar-refractivity contribution in [2.75, 3.05) is 5.32 Å². The lowest BCUT2D eigenvalue weighted by molar-refractivity contribution is -0.156. The van der Waals surface area contributed by atoms with Gasteiger partial charge in [-0.15, -0.1) is 0 Å². The van der Waals surface area contributed by atoms with Gasteiger partial charge >= 0.3 is 12.1 Å². The van der Waals surface area contributed by atoms with Crippen LogP contribution in [0.3, 0.4) is 0 Å². The van der Waals surface area contributed by atoms with Gasteiger partial charge in [0.05, 0.1) is 0 Å². The molecule has 22 heavy (non-hydrogen) atoms. The Morgan fingerprint density at radius 2 is 1.86 bits per heavy atom. The Labute approximate surface area is 134 Å². The molecule has 0 saturated carbocycles. The van der Waals surface area contributed by atoms with Crippen LogP contribution in [0.1, 0.15) is 33.3 Å². The van der Waals surface area contributed by atoms with Crippen LogP contribution in [0.25, 0.3) is 0 Å². The highest BCUT2D eigenvalue weighted by Gasteiger charge is 2.31. The van der Waals surface area contributed by atoms with Gasteiger partial charge in [-0.25, -0.2) is 9.59 Å². The highest BCUT2D eigenvalue weighted by Crippen LogP contribution is 2.26. The molecule has 0 spiro atoms. The molecule has 0 fully saturated rings. The summed E-state index contributed by atoms with van der Waals surface area (Å²) in [6.45, 7) is 6.35. The minimum Gasteiger partial charge on any atom is -0.479 e. The van der Waals surface area contributed by atoms with Crippen LogP contribution in [-0.4, -0.2) is 33.5 Å². The van der Waals surface area contributed by atoms with Gasteiger partial charge in [-0.3, -0.25) is 5.32 Å². The Bertz CT molecular complexity index is 578. The highest BCUT2D eigenvalue weighted by molar-refractivity contribution is 6.31. The molecule has 0 aliphatic rings. The first kappa shape index (κ1) is 18.3. The number of halogens is 1. The minimum atomic E-state index is -1.96. The quantitative estimate of drug-likeness (QED) is 0.789. The minimum absolute atomic E-state index is 0.190. The number of aliphatic carboxylic acids is 1. The molecule has 3 N–H and O–H groups in total. The lowest BCUT2D eigenvalue weighted by Crippen LogP contribution is -2.37. The number of amides is 1. The molecule has 0 bridgehead atoms. The second kappa shape index (κ2) is 6.54. The molecule has 0 aromatic heterocycles. The smallest absolute Gasteiger partial charge is 0.412 e. The van der Waals surface area contributed by atoms with E-state index in [-0.39, 0.29) is 6.42 Å². The molecule has 0 radical (unpaired) electrons. The number of hydrogen-bond acceptors (Lipinski definition) is 4. The molecule has 0 aliphatic heterocycles. The van der Waals surface area contributed by atoms with Gasteiger partial charge in [0.25, 0.3) is 0 Å². The zero-order valence-electron chi connectivity index (χ0n) is 12.9. The molecule has 6 nitrogen and oxygen atoms in total. The van der Waals surface area contributed by atoms with E-state index in [9.17, 15) is 14.7 Å². The average molecular weight is 330 g/mol. The Balaban J connectivity index is 3.01. The van der Waals surface area contributed by atoms with Crippen molar-refractivity contribution in [3.05, 3.63) is 28.8 Å². The number of carbonyl (C=O) groups excluding carboxylic acids is 1. The number of carboxylic acids is 1. The summed E-state index contributed by atoms with van der Waals surface area (Å²) in [5, 5.41) is 21.8. The van der Waals surface area contributed by atoms with Gasteiger partial charge in [0, 0.05) is 17.1 Å². The third kappa shape index (κ3) is 5.54. The van der Waals surface area contributed by atoms with Crippen molar-refractivity contribution in [2.24, 2.45) is 0 Å². The molecule has 0 aliphatic carbocycles. The molecular weight excluding hydrogens is 310 g/mol. The Morgan fingerprint density at radius 1 is 1.27 bits per heavy atom. The van der Waals surface area contributed by atoms with E-state index in [0.29, 0.717) is 16.3 Å². The van der Waals surface area contributed by atoms with Gasteiger partial charge in [-0.2, -0.15) is 0 Å². The van der Waals surface area contributed by atoms with Crippen LogP contribution in [0.5, 0.6) is 0 Å². The van der Waals surface area contributed by atoms with E-state index in [2.05, 4.69) is 5.32 Å². The first-order valence-electron chi connectivity index (χ1n) is 6.65. The summed E-state index contributed by atoms with van der Waals surface area (Å²) >= 11 is 5.90. The van der Waals surface area contributed by atoms with E-state index >= 15 is 0 Å². The summed E-state index contributed by atoms with van der Waals surface area (Å²) in [4.78, 5) is 22.9. The van der Waals surface area contributed by atoms with Crippen LogP contribution in [-0.2, 0) is 16.0 Å². The predicted octanol–water partition coefficient (Wildman–Crippen LogP) is 3.07. The van der Waals surface area contributed by atoms with Gasteiger partial charge in [-0.1, -0.05) is 17.7 Å². The summed E-state index contributed by atoms with van der Waals surface area (Å²) in [5.74, 6) is -1.36. The maximum atomic E-state index is 11.8. The topological polar surface area (TPSA) is 95.9 Å². The number of aliphatic hydroxyl groups is 1. The summed E-state index contributed by atoms with van der Waals surface area (Å²) in [7, 11) is 0. The van der Waals surface area contributed by atoms with E-state index in [0.717, 1.165) is 0 Å². The molecule has 1 atom stereocenters. The number of benzene rings is 1. The monoisotopic (exact) mass is 329 g/mol. The number of rotatable bonds is 4. The first-order valence-corrected chi connectivity index (χ1v) is 7.03. The molecule has 1 aromatic carbocycles. The third-order valence-corrected chi connectivity index (χ3v) is 2.94.